The lowest BCUT2D eigenvalue weighted by atomic mass is 10.0. The third kappa shape index (κ3) is 1.97. The summed E-state index contributed by atoms with van der Waals surface area (Å²) in [5, 5.41) is 13.0. The number of anilines is 1. The van der Waals surface area contributed by atoms with E-state index in [9.17, 15) is 4.79 Å². The van der Waals surface area contributed by atoms with Gasteiger partial charge < -0.3 is 5.73 Å². The van der Waals surface area contributed by atoms with Crippen LogP contribution >= 0.6 is 0 Å². The average Bonchev–Trinajstić information content (AvgIpc) is 3.21. The van der Waals surface area contributed by atoms with Gasteiger partial charge in [-0.25, -0.2) is 4.68 Å². The molecule has 1 fully saturated rings. The molecule has 5 heteroatoms. The van der Waals surface area contributed by atoms with Gasteiger partial charge in [0.15, 0.2) is 5.78 Å². The number of rotatable bonds is 3. The number of hydrogen-bond donors (Lipinski definition) is 1. The molecule has 0 aliphatic heterocycles. The molecule has 1 aliphatic carbocycles. The normalized spacial score (nSPS) is 14.1. The standard InChI is InChI=1S/C14H11N4O/c15-7-9-2-1-3-10(6-9)13(19)12-8-17-18(14(12)16)11-4-5-11/h1-4,6,8,11H,5,16H2. The molecule has 1 heterocycles. The van der Waals surface area contributed by atoms with Crippen molar-refractivity contribution in [2.75, 3.05) is 5.73 Å². The summed E-state index contributed by atoms with van der Waals surface area (Å²) < 4.78 is 1.65. The number of nitriles is 1. The second kappa shape index (κ2) is 4.25. The molecule has 2 aromatic rings. The molecule has 0 bridgehead atoms. The van der Waals surface area contributed by atoms with E-state index in [4.69, 9.17) is 11.0 Å². The molecule has 1 atom stereocenters. The molecule has 0 saturated heterocycles. The number of ketones is 1. The van der Waals surface area contributed by atoms with Gasteiger partial charge in [-0.2, -0.15) is 10.4 Å². The number of carbonyl (C=O) groups excluding carboxylic acids is 1. The molecule has 1 unspecified atom stereocenters. The summed E-state index contributed by atoms with van der Waals surface area (Å²) in [7, 11) is 0. The highest BCUT2D eigenvalue weighted by molar-refractivity contribution is 6.11. The lowest BCUT2D eigenvalue weighted by Crippen LogP contribution is -2.07. The predicted molar refractivity (Wildman–Crippen MR) is 69.2 cm³/mol. The van der Waals surface area contributed by atoms with Crippen LogP contribution < -0.4 is 5.73 Å². The van der Waals surface area contributed by atoms with Crippen LogP contribution in [0.4, 0.5) is 5.82 Å². The Morgan fingerprint density at radius 3 is 3.00 bits per heavy atom. The van der Waals surface area contributed by atoms with E-state index in [1.807, 2.05) is 6.07 Å². The van der Waals surface area contributed by atoms with E-state index in [1.54, 1.807) is 28.9 Å². The van der Waals surface area contributed by atoms with Gasteiger partial charge in [-0.1, -0.05) is 12.1 Å². The molecule has 0 spiro atoms. The van der Waals surface area contributed by atoms with Crippen molar-refractivity contribution in [2.24, 2.45) is 0 Å². The third-order valence-electron chi connectivity index (χ3n) is 3.09. The molecule has 0 amide bonds. The summed E-state index contributed by atoms with van der Waals surface area (Å²) in [6.07, 6.45) is 4.49. The number of aromatic nitrogens is 2. The third-order valence-corrected chi connectivity index (χ3v) is 3.09. The fraction of sp³-hybridized carbons (Fsp3) is 0.143. The van der Waals surface area contributed by atoms with Gasteiger partial charge in [-0.05, 0) is 25.0 Å². The van der Waals surface area contributed by atoms with Gasteiger partial charge in [0.05, 0.1) is 29.4 Å². The molecule has 1 aromatic heterocycles. The van der Waals surface area contributed by atoms with Crippen molar-refractivity contribution in [3.63, 3.8) is 0 Å². The van der Waals surface area contributed by atoms with Gasteiger partial charge >= 0.3 is 0 Å². The summed E-state index contributed by atoms with van der Waals surface area (Å²) in [6, 6.07) is 8.79. The maximum Gasteiger partial charge on any atom is 0.198 e. The van der Waals surface area contributed by atoms with Crippen LogP contribution in [0.2, 0.25) is 0 Å². The highest BCUT2D eigenvalue weighted by Crippen LogP contribution is 2.35. The van der Waals surface area contributed by atoms with E-state index in [0.29, 0.717) is 22.5 Å². The first kappa shape index (κ1) is 11.5. The van der Waals surface area contributed by atoms with Crippen LogP contribution in [0.15, 0.2) is 30.5 Å². The molecular weight excluding hydrogens is 240 g/mol. The van der Waals surface area contributed by atoms with Crippen molar-refractivity contribution in [3.05, 3.63) is 53.6 Å². The molecule has 19 heavy (non-hydrogen) atoms. The minimum Gasteiger partial charge on any atom is -0.383 e. The van der Waals surface area contributed by atoms with Crippen molar-refractivity contribution in [3.8, 4) is 6.07 Å². The van der Waals surface area contributed by atoms with Crippen LogP contribution in [-0.2, 0) is 0 Å². The Labute approximate surface area is 110 Å². The van der Waals surface area contributed by atoms with Crippen molar-refractivity contribution in [2.45, 2.75) is 12.5 Å². The topological polar surface area (TPSA) is 84.7 Å². The van der Waals surface area contributed by atoms with Crippen molar-refractivity contribution >= 4 is 11.6 Å². The summed E-state index contributed by atoms with van der Waals surface area (Å²) in [6.45, 7) is 0. The van der Waals surface area contributed by atoms with E-state index in [1.165, 1.54) is 6.20 Å². The van der Waals surface area contributed by atoms with E-state index in [-0.39, 0.29) is 11.8 Å². The monoisotopic (exact) mass is 251 g/mol. The van der Waals surface area contributed by atoms with Gasteiger partial charge in [-0.15, -0.1) is 0 Å². The predicted octanol–water partition coefficient (Wildman–Crippen LogP) is 1.72. The molecule has 1 saturated carbocycles. The Morgan fingerprint density at radius 1 is 1.53 bits per heavy atom. The van der Waals surface area contributed by atoms with Crippen LogP contribution in [0.3, 0.4) is 0 Å². The van der Waals surface area contributed by atoms with Gasteiger partial charge in [0.25, 0.3) is 0 Å². The van der Waals surface area contributed by atoms with E-state index >= 15 is 0 Å². The molecule has 1 radical (unpaired) electrons. The quantitative estimate of drug-likeness (QED) is 0.841. The first-order chi connectivity index (χ1) is 9.20. The van der Waals surface area contributed by atoms with Crippen LogP contribution in [0.5, 0.6) is 0 Å². The fourth-order valence-corrected chi connectivity index (χ4v) is 1.96. The van der Waals surface area contributed by atoms with Gasteiger partial charge in [0.1, 0.15) is 5.82 Å². The van der Waals surface area contributed by atoms with Crippen LogP contribution in [-0.4, -0.2) is 15.6 Å². The number of benzene rings is 1. The lowest BCUT2D eigenvalue weighted by Gasteiger charge is -2.03. The summed E-state index contributed by atoms with van der Waals surface area (Å²) in [5.74, 6) is 0.174. The van der Waals surface area contributed by atoms with E-state index < -0.39 is 0 Å². The second-order valence-electron chi connectivity index (χ2n) is 4.45. The first-order valence-corrected chi connectivity index (χ1v) is 5.92. The number of nitrogens with two attached hydrogens (primary N) is 1. The molecule has 5 nitrogen and oxygen atoms in total. The Kier molecular flexibility index (Phi) is 2.57. The number of carbonyl (C=O) groups is 1. The number of hydrogen-bond acceptors (Lipinski definition) is 4. The summed E-state index contributed by atoms with van der Waals surface area (Å²) in [4.78, 5) is 12.3. The molecule has 3 rings (SSSR count). The van der Waals surface area contributed by atoms with E-state index in [2.05, 4.69) is 11.5 Å². The van der Waals surface area contributed by atoms with Crippen molar-refractivity contribution in [1.82, 2.24) is 9.78 Å². The number of nitrogen functional groups attached to an aromatic ring is 1. The SMILES string of the molecule is N#Cc1cccc(C(=O)c2cnn(C3[CH]C3)c2N)c1. The molecule has 93 valence electrons. The zero-order chi connectivity index (χ0) is 13.4. The lowest BCUT2D eigenvalue weighted by molar-refractivity contribution is 0.103. The first-order valence-electron chi connectivity index (χ1n) is 5.92. The minimum absolute atomic E-state index is 0.207. The van der Waals surface area contributed by atoms with Gasteiger partial charge in [0.2, 0.25) is 0 Å². The van der Waals surface area contributed by atoms with E-state index in [0.717, 1.165) is 6.42 Å². The minimum atomic E-state index is -0.207. The van der Waals surface area contributed by atoms with Crippen LogP contribution in [0.25, 0.3) is 0 Å². The zero-order valence-corrected chi connectivity index (χ0v) is 10.1. The van der Waals surface area contributed by atoms with Gasteiger partial charge in [0, 0.05) is 5.56 Å². The largest absolute Gasteiger partial charge is 0.383 e. The van der Waals surface area contributed by atoms with Crippen molar-refractivity contribution < 1.29 is 4.79 Å². The fourth-order valence-electron chi connectivity index (χ4n) is 1.96. The molecule has 1 aromatic carbocycles. The number of nitrogens with zero attached hydrogens (tertiary/aromatic N) is 3. The van der Waals surface area contributed by atoms with Crippen molar-refractivity contribution in [1.29, 1.82) is 5.26 Å². The van der Waals surface area contributed by atoms with Gasteiger partial charge in [-0.3, -0.25) is 4.79 Å². The Morgan fingerprint density at radius 2 is 2.32 bits per heavy atom. The zero-order valence-electron chi connectivity index (χ0n) is 10.1. The maximum absolute atomic E-state index is 12.3. The van der Waals surface area contributed by atoms with Crippen LogP contribution in [0.1, 0.15) is 33.9 Å². The van der Waals surface area contributed by atoms with Crippen LogP contribution in [0, 0.1) is 17.8 Å². The summed E-state index contributed by atoms with van der Waals surface area (Å²) in [5.41, 5.74) is 7.23. The molecule has 2 N–H and O–H groups in total. The maximum atomic E-state index is 12.3. The molecular formula is C14H11N4O. The second-order valence-corrected chi connectivity index (χ2v) is 4.45. The summed E-state index contributed by atoms with van der Waals surface area (Å²) >= 11 is 0. The Hall–Kier alpha value is -2.61. The highest BCUT2D eigenvalue weighted by Gasteiger charge is 2.29. The Balaban J connectivity index is 1.97. The smallest absolute Gasteiger partial charge is 0.198 e. The molecule has 1 aliphatic rings. The Bertz CT molecular complexity index is 692. The average molecular weight is 251 g/mol. The highest BCUT2D eigenvalue weighted by atomic mass is 16.1.